The molecular formula is C11H8BrClN2O2S. The van der Waals surface area contributed by atoms with Crippen LogP contribution in [0.2, 0.25) is 5.02 Å². The number of aromatic carboxylic acids is 1. The van der Waals surface area contributed by atoms with E-state index in [4.69, 9.17) is 16.7 Å². The van der Waals surface area contributed by atoms with Crippen molar-refractivity contribution in [2.75, 3.05) is 5.32 Å². The molecule has 18 heavy (non-hydrogen) atoms. The zero-order chi connectivity index (χ0) is 13.3. The first-order valence-electron chi connectivity index (χ1n) is 4.89. The van der Waals surface area contributed by atoms with Gasteiger partial charge in [-0.1, -0.05) is 22.9 Å². The second-order valence-corrected chi connectivity index (χ2v) is 5.83. The average Bonchev–Trinajstić information content (AvgIpc) is 2.74. The number of aromatic nitrogens is 1. The summed E-state index contributed by atoms with van der Waals surface area (Å²) in [5.41, 5.74) is 1.70. The molecule has 1 aromatic heterocycles. The third kappa shape index (κ3) is 2.82. The number of anilines is 2. The van der Waals surface area contributed by atoms with E-state index in [1.165, 1.54) is 6.20 Å². The number of halogens is 2. The van der Waals surface area contributed by atoms with Crippen LogP contribution in [0.25, 0.3) is 0 Å². The van der Waals surface area contributed by atoms with E-state index < -0.39 is 5.97 Å². The molecule has 0 radical (unpaired) electrons. The maximum atomic E-state index is 10.7. The third-order valence-electron chi connectivity index (χ3n) is 2.21. The van der Waals surface area contributed by atoms with Gasteiger partial charge in [-0.2, -0.15) is 0 Å². The molecule has 0 saturated carbocycles. The number of nitrogens with zero attached hydrogens (tertiary/aromatic N) is 1. The van der Waals surface area contributed by atoms with Gasteiger partial charge in [0.05, 0.1) is 11.9 Å². The standard InChI is InChI=1S/C11H8BrClN2O2S/c1-5-2-6(12)8(3-7(5)13)15-11-14-4-9(18-11)10(16)17/h2-4H,1H3,(H,14,15)(H,16,17). The first-order chi connectivity index (χ1) is 8.47. The number of carbonyl (C=O) groups is 1. The van der Waals surface area contributed by atoms with E-state index in [9.17, 15) is 4.79 Å². The molecule has 2 N–H and O–H groups in total. The second kappa shape index (κ2) is 5.26. The van der Waals surface area contributed by atoms with Crippen LogP contribution in [-0.4, -0.2) is 16.1 Å². The molecule has 0 unspecified atom stereocenters. The first-order valence-corrected chi connectivity index (χ1v) is 6.88. The highest BCUT2D eigenvalue weighted by Crippen LogP contribution is 2.32. The molecule has 2 rings (SSSR count). The summed E-state index contributed by atoms with van der Waals surface area (Å²) in [4.78, 5) is 14.9. The summed E-state index contributed by atoms with van der Waals surface area (Å²) in [6.45, 7) is 1.91. The van der Waals surface area contributed by atoms with Crippen LogP contribution in [0.3, 0.4) is 0 Å². The smallest absolute Gasteiger partial charge is 0.347 e. The number of benzene rings is 1. The Morgan fingerprint density at radius 1 is 1.56 bits per heavy atom. The zero-order valence-corrected chi connectivity index (χ0v) is 12.4. The van der Waals surface area contributed by atoms with E-state index in [-0.39, 0.29) is 4.88 Å². The number of hydrogen-bond donors (Lipinski definition) is 2. The van der Waals surface area contributed by atoms with E-state index in [0.717, 1.165) is 27.1 Å². The van der Waals surface area contributed by atoms with Gasteiger partial charge in [-0.05, 0) is 40.5 Å². The van der Waals surface area contributed by atoms with Crippen molar-refractivity contribution in [1.82, 2.24) is 4.98 Å². The fraction of sp³-hybridized carbons (Fsp3) is 0.0909. The minimum absolute atomic E-state index is 0.187. The quantitative estimate of drug-likeness (QED) is 0.868. The molecule has 1 heterocycles. The van der Waals surface area contributed by atoms with Gasteiger partial charge in [0.1, 0.15) is 4.88 Å². The van der Waals surface area contributed by atoms with Gasteiger partial charge >= 0.3 is 5.97 Å². The molecule has 1 aromatic carbocycles. The molecule has 0 aliphatic heterocycles. The Morgan fingerprint density at radius 3 is 2.89 bits per heavy atom. The molecule has 0 aliphatic rings. The van der Waals surface area contributed by atoms with Crippen LogP contribution in [0.5, 0.6) is 0 Å². The van der Waals surface area contributed by atoms with E-state index in [1.54, 1.807) is 6.07 Å². The van der Waals surface area contributed by atoms with Crippen molar-refractivity contribution in [2.24, 2.45) is 0 Å². The van der Waals surface area contributed by atoms with Gasteiger partial charge in [-0.3, -0.25) is 0 Å². The van der Waals surface area contributed by atoms with Gasteiger partial charge in [0.2, 0.25) is 0 Å². The number of carboxylic acids is 1. The van der Waals surface area contributed by atoms with E-state index in [1.807, 2.05) is 13.0 Å². The maximum absolute atomic E-state index is 10.7. The fourth-order valence-electron chi connectivity index (χ4n) is 1.29. The molecule has 7 heteroatoms. The van der Waals surface area contributed by atoms with Crippen molar-refractivity contribution >= 4 is 55.7 Å². The van der Waals surface area contributed by atoms with E-state index in [0.29, 0.717) is 10.2 Å². The Morgan fingerprint density at radius 2 is 2.28 bits per heavy atom. The van der Waals surface area contributed by atoms with Gasteiger partial charge < -0.3 is 10.4 Å². The highest BCUT2D eigenvalue weighted by atomic mass is 79.9. The summed E-state index contributed by atoms with van der Waals surface area (Å²) >= 11 is 10.5. The summed E-state index contributed by atoms with van der Waals surface area (Å²) in [6, 6.07) is 3.65. The number of thiazole rings is 1. The number of carboxylic acid groups (broad SMARTS) is 1. The molecule has 0 fully saturated rings. The average molecular weight is 348 g/mol. The Hall–Kier alpha value is -1.11. The Bertz CT molecular complexity index is 615. The topological polar surface area (TPSA) is 62.2 Å². The van der Waals surface area contributed by atoms with Crippen molar-refractivity contribution in [3.05, 3.63) is 38.3 Å². The third-order valence-corrected chi connectivity index (χ3v) is 4.17. The second-order valence-electron chi connectivity index (χ2n) is 3.54. The van der Waals surface area contributed by atoms with Crippen LogP contribution < -0.4 is 5.32 Å². The summed E-state index contributed by atoms with van der Waals surface area (Å²) in [7, 11) is 0. The molecule has 0 bridgehead atoms. The molecule has 94 valence electrons. The predicted octanol–water partition coefficient (Wildman–Crippen LogP) is 4.31. The van der Waals surface area contributed by atoms with Crippen molar-refractivity contribution in [2.45, 2.75) is 6.92 Å². The lowest BCUT2D eigenvalue weighted by molar-refractivity contribution is 0.0702. The van der Waals surface area contributed by atoms with Crippen LogP contribution in [0.1, 0.15) is 15.2 Å². The van der Waals surface area contributed by atoms with Crippen LogP contribution in [0, 0.1) is 6.92 Å². The van der Waals surface area contributed by atoms with Gasteiger partial charge in [0, 0.05) is 9.50 Å². The lowest BCUT2D eigenvalue weighted by Gasteiger charge is -2.07. The predicted molar refractivity (Wildman–Crippen MR) is 76.2 cm³/mol. The highest BCUT2D eigenvalue weighted by Gasteiger charge is 2.10. The van der Waals surface area contributed by atoms with Crippen molar-refractivity contribution in [1.29, 1.82) is 0 Å². The Labute approximate surface area is 121 Å². The normalized spacial score (nSPS) is 10.4. The number of nitrogens with one attached hydrogen (secondary N) is 1. The fourth-order valence-corrected chi connectivity index (χ4v) is 2.68. The number of hydrogen-bond acceptors (Lipinski definition) is 4. The number of rotatable bonds is 3. The molecule has 0 amide bonds. The van der Waals surface area contributed by atoms with E-state index >= 15 is 0 Å². The van der Waals surface area contributed by atoms with Crippen LogP contribution in [0.4, 0.5) is 10.8 Å². The summed E-state index contributed by atoms with van der Waals surface area (Å²) in [5.74, 6) is -0.985. The first kappa shape index (κ1) is 13.3. The minimum atomic E-state index is -0.985. The van der Waals surface area contributed by atoms with Crippen LogP contribution >= 0.6 is 38.9 Å². The van der Waals surface area contributed by atoms with Crippen LogP contribution in [-0.2, 0) is 0 Å². The lowest BCUT2D eigenvalue weighted by atomic mass is 10.2. The molecule has 0 atom stereocenters. The van der Waals surface area contributed by atoms with Crippen molar-refractivity contribution in [3.63, 3.8) is 0 Å². The van der Waals surface area contributed by atoms with Crippen LogP contribution in [0.15, 0.2) is 22.8 Å². The zero-order valence-electron chi connectivity index (χ0n) is 9.20. The largest absolute Gasteiger partial charge is 0.477 e. The molecule has 2 aromatic rings. The van der Waals surface area contributed by atoms with Gasteiger partial charge in [-0.25, -0.2) is 9.78 Å². The van der Waals surface area contributed by atoms with Gasteiger partial charge in [0.15, 0.2) is 5.13 Å². The summed E-state index contributed by atoms with van der Waals surface area (Å²) in [6.07, 6.45) is 1.32. The van der Waals surface area contributed by atoms with Gasteiger partial charge in [-0.15, -0.1) is 0 Å². The van der Waals surface area contributed by atoms with E-state index in [2.05, 4.69) is 26.2 Å². The summed E-state index contributed by atoms with van der Waals surface area (Å²) < 4.78 is 0.844. The molecular weight excluding hydrogens is 340 g/mol. The minimum Gasteiger partial charge on any atom is -0.477 e. The lowest BCUT2D eigenvalue weighted by Crippen LogP contribution is -1.91. The SMILES string of the molecule is Cc1cc(Br)c(Nc2ncc(C(=O)O)s2)cc1Cl. The Kier molecular flexibility index (Phi) is 3.89. The Balaban J connectivity index is 2.28. The molecule has 0 spiro atoms. The maximum Gasteiger partial charge on any atom is 0.347 e. The van der Waals surface area contributed by atoms with Crippen molar-refractivity contribution in [3.8, 4) is 0 Å². The highest BCUT2D eigenvalue weighted by molar-refractivity contribution is 9.10. The van der Waals surface area contributed by atoms with Gasteiger partial charge in [0.25, 0.3) is 0 Å². The number of aryl methyl sites for hydroxylation is 1. The summed E-state index contributed by atoms with van der Waals surface area (Å²) in [5, 5.41) is 13.0. The molecule has 4 nitrogen and oxygen atoms in total. The monoisotopic (exact) mass is 346 g/mol. The molecule has 0 aliphatic carbocycles. The van der Waals surface area contributed by atoms with Crippen molar-refractivity contribution < 1.29 is 9.90 Å². The molecule has 0 saturated heterocycles.